The maximum Gasteiger partial charge on any atom is 0.253 e. The number of carbonyl (C=O) groups is 1. The Bertz CT molecular complexity index is 904. The summed E-state index contributed by atoms with van der Waals surface area (Å²) in [5.74, 6) is -0.291. The molecule has 2 aromatic rings. The van der Waals surface area contributed by atoms with Crippen LogP contribution in [0.1, 0.15) is 30.4 Å². The highest BCUT2D eigenvalue weighted by Gasteiger charge is 2.38. The van der Waals surface area contributed by atoms with Gasteiger partial charge in [-0.15, -0.1) is 11.3 Å². The molecular weight excluding hydrogens is 392 g/mol. The molecule has 0 saturated carbocycles. The fourth-order valence-corrected chi connectivity index (χ4v) is 6.55. The van der Waals surface area contributed by atoms with E-state index in [2.05, 4.69) is 5.32 Å². The van der Waals surface area contributed by atoms with E-state index in [1.54, 1.807) is 6.07 Å². The fraction of sp³-hybridized carbons (Fsp3) is 0.389. The van der Waals surface area contributed by atoms with E-state index >= 15 is 0 Å². The molecule has 1 amide bonds. The number of anilines is 1. The van der Waals surface area contributed by atoms with Gasteiger partial charge in [0.1, 0.15) is 10.3 Å². The molecule has 1 aromatic carbocycles. The molecule has 2 heterocycles. The van der Waals surface area contributed by atoms with E-state index in [0.29, 0.717) is 23.0 Å². The van der Waals surface area contributed by atoms with Gasteiger partial charge in [0.15, 0.2) is 0 Å². The van der Waals surface area contributed by atoms with Crippen molar-refractivity contribution in [3.63, 3.8) is 0 Å². The number of thiophene rings is 1. The van der Waals surface area contributed by atoms with Crippen molar-refractivity contribution in [2.45, 2.75) is 43.4 Å². The molecule has 140 valence electrons. The van der Waals surface area contributed by atoms with E-state index in [-0.39, 0.29) is 10.1 Å². The molecule has 1 aromatic heterocycles. The zero-order valence-corrected chi connectivity index (χ0v) is 17.0. The van der Waals surface area contributed by atoms with Gasteiger partial charge in [0, 0.05) is 12.2 Å². The second-order valence-electron chi connectivity index (χ2n) is 6.55. The molecule has 8 heteroatoms. The fourth-order valence-electron chi connectivity index (χ4n) is 3.28. The van der Waals surface area contributed by atoms with Crippen molar-refractivity contribution in [3.05, 3.63) is 45.8 Å². The van der Waals surface area contributed by atoms with Crippen LogP contribution in [-0.4, -0.2) is 31.2 Å². The van der Waals surface area contributed by atoms with E-state index in [1.807, 2.05) is 32.0 Å². The summed E-state index contributed by atoms with van der Waals surface area (Å²) in [7, 11) is -3.74. The Balaban J connectivity index is 1.85. The molecule has 1 fully saturated rings. The van der Waals surface area contributed by atoms with E-state index < -0.39 is 16.1 Å². The number of nitrogens with one attached hydrogen (secondary N) is 1. The molecule has 26 heavy (non-hydrogen) atoms. The van der Waals surface area contributed by atoms with E-state index in [0.717, 1.165) is 35.3 Å². The highest BCUT2D eigenvalue weighted by atomic mass is 35.5. The number of hydrogen-bond donors (Lipinski definition) is 1. The number of carbonyl (C=O) groups excluding carboxylic acids is 1. The summed E-state index contributed by atoms with van der Waals surface area (Å²) < 4.78 is 27.9. The van der Waals surface area contributed by atoms with Crippen LogP contribution in [0.5, 0.6) is 0 Å². The molecule has 0 aliphatic carbocycles. The number of hydrogen-bond acceptors (Lipinski definition) is 4. The van der Waals surface area contributed by atoms with Crippen LogP contribution in [0, 0.1) is 13.8 Å². The van der Waals surface area contributed by atoms with Gasteiger partial charge in [0.05, 0.1) is 4.34 Å². The lowest BCUT2D eigenvalue weighted by molar-refractivity contribution is -0.120. The predicted molar refractivity (Wildman–Crippen MR) is 105 cm³/mol. The number of sulfonamides is 1. The number of rotatable bonds is 4. The van der Waals surface area contributed by atoms with E-state index in [9.17, 15) is 13.2 Å². The summed E-state index contributed by atoms with van der Waals surface area (Å²) in [6, 6.07) is 8.13. The van der Waals surface area contributed by atoms with Gasteiger partial charge in [-0.2, -0.15) is 4.31 Å². The van der Waals surface area contributed by atoms with Gasteiger partial charge in [-0.05, 0) is 62.1 Å². The highest BCUT2D eigenvalue weighted by Crippen LogP contribution is 2.32. The highest BCUT2D eigenvalue weighted by molar-refractivity contribution is 7.91. The molecule has 0 bridgehead atoms. The predicted octanol–water partition coefficient (Wildman–Crippen LogP) is 4.20. The number of benzene rings is 1. The lowest BCUT2D eigenvalue weighted by Crippen LogP contribution is -2.49. The lowest BCUT2D eigenvalue weighted by Gasteiger charge is -2.33. The molecule has 1 N–H and O–H groups in total. The minimum Gasteiger partial charge on any atom is -0.325 e. The van der Waals surface area contributed by atoms with Gasteiger partial charge in [0.2, 0.25) is 5.91 Å². The zero-order chi connectivity index (χ0) is 18.9. The van der Waals surface area contributed by atoms with Gasteiger partial charge >= 0.3 is 0 Å². The Morgan fingerprint density at radius 3 is 2.50 bits per heavy atom. The topological polar surface area (TPSA) is 66.5 Å². The summed E-state index contributed by atoms with van der Waals surface area (Å²) in [5.41, 5.74) is 2.78. The monoisotopic (exact) mass is 412 g/mol. The van der Waals surface area contributed by atoms with Crippen molar-refractivity contribution >= 4 is 44.6 Å². The van der Waals surface area contributed by atoms with Crippen molar-refractivity contribution in [1.82, 2.24) is 4.31 Å². The molecule has 5 nitrogen and oxygen atoms in total. The molecular formula is C18H21ClN2O3S2. The first kappa shape index (κ1) is 19.4. The normalized spacial score (nSPS) is 18.7. The standard InChI is InChI=1S/C18H21ClN2O3S2/c1-12-9-13(2)11-14(10-12)20-18(22)15-5-3-4-8-21(15)26(23,24)17-7-6-16(19)25-17/h6-7,9-11,15H,3-5,8H2,1-2H3,(H,20,22). The maximum absolute atomic E-state index is 13.0. The van der Waals surface area contributed by atoms with Crippen LogP contribution in [0.4, 0.5) is 5.69 Å². The molecule has 1 aliphatic heterocycles. The van der Waals surface area contributed by atoms with Crippen LogP contribution in [-0.2, 0) is 14.8 Å². The largest absolute Gasteiger partial charge is 0.325 e. The number of piperidine rings is 1. The van der Waals surface area contributed by atoms with Gasteiger partial charge in [0.25, 0.3) is 10.0 Å². The van der Waals surface area contributed by atoms with Crippen molar-refractivity contribution in [3.8, 4) is 0 Å². The Kier molecular flexibility index (Phi) is 5.72. The Hall–Kier alpha value is -1.41. The number of nitrogens with zero attached hydrogens (tertiary/aromatic N) is 1. The Morgan fingerprint density at radius 1 is 1.19 bits per heavy atom. The quantitative estimate of drug-likeness (QED) is 0.818. The van der Waals surface area contributed by atoms with Crippen LogP contribution < -0.4 is 5.32 Å². The second-order valence-corrected chi connectivity index (χ2v) is 10.4. The summed E-state index contributed by atoms with van der Waals surface area (Å²) >= 11 is 6.91. The summed E-state index contributed by atoms with van der Waals surface area (Å²) in [6.07, 6.45) is 2.07. The molecule has 1 saturated heterocycles. The minimum atomic E-state index is -3.74. The molecule has 1 unspecified atom stereocenters. The third kappa shape index (κ3) is 4.11. The molecule has 1 aliphatic rings. The second kappa shape index (κ2) is 7.68. The van der Waals surface area contributed by atoms with Crippen LogP contribution in [0.15, 0.2) is 34.5 Å². The average molecular weight is 413 g/mol. The van der Waals surface area contributed by atoms with Gasteiger partial charge in [-0.3, -0.25) is 4.79 Å². The van der Waals surface area contributed by atoms with Crippen LogP contribution >= 0.6 is 22.9 Å². The van der Waals surface area contributed by atoms with Crippen LogP contribution in [0.25, 0.3) is 0 Å². The third-order valence-electron chi connectivity index (χ3n) is 4.36. The number of amides is 1. The Morgan fingerprint density at radius 2 is 1.88 bits per heavy atom. The van der Waals surface area contributed by atoms with Gasteiger partial charge in [-0.1, -0.05) is 24.1 Å². The first-order chi connectivity index (χ1) is 12.3. The molecule has 1 atom stereocenters. The smallest absolute Gasteiger partial charge is 0.253 e. The first-order valence-electron chi connectivity index (χ1n) is 8.44. The zero-order valence-electron chi connectivity index (χ0n) is 14.7. The van der Waals surface area contributed by atoms with Crippen molar-refractivity contribution in [2.24, 2.45) is 0 Å². The van der Waals surface area contributed by atoms with Crippen LogP contribution in [0.3, 0.4) is 0 Å². The molecule has 3 rings (SSSR count). The third-order valence-corrected chi connectivity index (χ3v) is 7.96. The van der Waals surface area contributed by atoms with Crippen molar-refractivity contribution in [2.75, 3.05) is 11.9 Å². The number of aryl methyl sites for hydroxylation is 2. The average Bonchev–Trinajstić information content (AvgIpc) is 3.01. The molecule has 0 radical (unpaired) electrons. The van der Waals surface area contributed by atoms with E-state index in [1.165, 1.54) is 10.4 Å². The minimum absolute atomic E-state index is 0.175. The maximum atomic E-state index is 13.0. The Labute approximate surface area is 163 Å². The van der Waals surface area contributed by atoms with Crippen LogP contribution in [0.2, 0.25) is 4.34 Å². The van der Waals surface area contributed by atoms with E-state index in [4.69, 9.17) is 11.6 Å². The first-order valence-corrected chi connectivity index (χ1v) is 11.1. The lowest BCUT2D eigenvalue weighted by atomic mass is 10.0. The van der Waals surface area contributed by atoms with Gasteiger partial charge < -0.3 is 5.32 Å². The summed E-state index contributed by atoms with van der Waals surface area (Å²) in [5, 5.41) is 2.88. The van der Waals surface area contributed by atoms with Crippen molar-refractivity contribution < 1.29 is 13.2 Å². The molecule has 0 spiro atoms. The SMILES string of the molecule is Cc1cc(C)cc(NC(=O)C2CCCCN2S(=O)(=O)c2ccc(Cl)s2)c1. The number of halogens is 1. The van der Waals surface area contributed by atoms with Gasteiger partial charge in [-0.25, -0.2) is 8.42 Å². The summed E-state index contributed by atoms with van der Waals surface area (Å²) in [6.45, 7) is 4.25. The van der Waals surface area contributed by atoms with Crippen molar-refractivity contribution in [1.29, 1.82) is 0 Å². The summed E-state index contributed by atoms with van der Waals surface area (Å²) in [4.78, 5) is 12.8.